The number of rotatable bonds is 54. The van der Waals surface area contributed by atoms with Crippen molar-refractivity contribution in [2.75, 3.05) is 26.4 Å². The van der Waals surface area contributed by atoms with E-state index in [9.17, 15) is 70.9 Å². The second kappa shape index (κ2) is 49.7. The van der Waals surface area contributed by atoms with Crippen molar-refractivity contribution >= 4 is 11.8 Å². The van der Waals surface area contributed by atoms with Crippen LogP contribution in [0.1, 0.15) is 271 Å². The van der Waals surface area contributed by atoms with Gasteiger partial charge in [-0.1, -0.05) is 251 Å². The quantitative estimate of drug-likeness (QED) is 0.0292. The molecule has 0 radical (unpaired) electrons. The topological polar surface area (TPSA) is 356 Å². The molecule has 3 aliphatic heterocycles. The number of hydrogen-bond acceptors (Lipinski definition) is 20. The number of carbonyl (C=O) groups is 2. The molecule has 3 heterocycles. The Balaban J connectivity index is 1.67. The van der Waals surface area contributed by atoms with E-state index >= 15 is 0 Å². The van der Waals surface area contributed by atoms with Crippen LogP contribution in [0.25, 0.3) is 0 Å². The van der Waals surface area contributed by atoms with Gasteiger partial charge in [-0.25, -0.2) is 0 Å². The summed E-state index contributed by atoms with van der Waals surface area (Å²) in [6.45, 7) is 2.31. The molecule has 3 rings (SSSR count). The molecule has 3 fully saturated rings. The molecule has 22 nitrogen and oxygen atoms in total. The van der Waals surface area contributed by atoms with Crippen molar-refractivity contribution in [3.05, 3.63) is 0 Å². The van der Waals surface area contributed by atoms with E-state index in [4.69, 9.17) is 28.4 Å². The van der Waals surface area contributed by atoms with Crippen LogP contribution in [0.15, 0.2) is 0 Å². The van der Waals surface area contributed by atoms with Crippen molar-refractivity contribution in [3.63, 3.8) is 0 Å². The largest absolute Gasteiger partial charge is 0.394 e. The third kappa shape index (κ3) is 32.0. The molecule has 14 N–H and O–H groups in total. The van der Waals surface area contributed by atoms with E-state index in [1.54, 1.807) is 0 Å². The van der Waals surface area contributed by atoms with Gasteiger partial charge in [0, 0.05) is 6.92 Å². The number of unbranched alkanes of at least 4 members (excludes halogenated alkanes) is 35. The van der Waals surface area contributed by atoms with Crippen molar-refractivity contribution in [2.24, 2.45) is 0 Å². The molecule has 0 spiro atoms. The minimum absolute atomic E-state index is 0.123. The number of ether oxygens (including phenoxy) is 6. The fraction of sp³-hybridized carbons (Fsp3) is 0.970. The minimum atomic E-state index is -2.03. The van der Waals surface area contributed by atoms with E-state index in [-0.39, 0.29) is 12.8 Å². The van der Waals surface area contributed by atoms with Gasteiger partial charge in [0.2, 0.25) is 11.8 Å². The molecule has 0 aromatic carbocycles. The van der Waals surface area contributed by atoms with Crippen LogP contribution in [0, 0.1) is 0 Å². The first kappa shape index (κ1) is 81.5. The van der Waals surface area contributed by atoms with Gasteiger partial charge in [-0.05, 0) is 12.8 Å². The first-order chi connectivity index (χ1) is 43.0. The highest BCUT2D eigenvalue weighted by Crippen LogP contribution is 2.35. The highest BCUT2D eigenvalue weighted by molar-refractivity contribution is 5.80. The lowest BCUT2D eigenvalue weighted by Gasteiger charge is -2.49. The molecule has 0 aromatic rings. The fourth-order valence-corrected chi connectivity index (χ4v) is 12.5. The van der Waals surface area contributed by atoms with Crippen LogP contribution in [0.5, 0.6) is 0 Å². The highest BCUT2D eigenvalue weighted by atomic mass is 16.8. The summed E-state index contributed by atoms with van der Waals surface area (Å²) in [5.41, 5.74) is 0. The Morgan fingerprint density at radius 1 is 0.416 bits per heavy atom. The van der Waals surface area contributed by atoms with Gasteiger partial charge in [0.05, 0.1) is 38.6 Å². The van der Waals surface area contributed by atoms with Gasteiger partial charge in [-0.15, -0.1) is 0 Å². The summed E-state index contributed by atoms with van der Waals surface area (Å²) >= 11 is 0. The molecule has 0 unspecified atom stereocenters. The molecule has 2 amide bonds. The molecule has 0 bridgehead atoms. The van der Waals surface area contributed by atoms with E-state index in [1.165, 1.54) is 167 Å². The van der Waals surface area contributed by atoms with Gasteiger partial charge in [-0.2, -0.15) is 0 Å². The highest BCUT2D eigenvalue weighted by Gasteiger charge is 2.55. The third-order valence-corrected chi connectivity index (χ3v) is 18.3. The zero-order valence-corrected chi connectivity index (χ0v) is 55.0. The number of aliphatic hydroxyl groups is 12. The van der Waals surface area contributed by atoms with Crippen LogP contribution >= 0.6 is 0 Å². The summed E-state index contributed by atoms with van der Waals surface area (Å²) in [5, 5.41) is 136. The summed E-state index contributed by atoms with van der Waals surface area (Å²) < 4.78 is 36.1. The van der Waals surface area contributed by atoms with Crippen LogP contribution in [-0.2, 0) is 38.0 Å². The predicted molar refractivity (Wildman–Crippen MR) is 338 cm³/mol. The Morgan fingerprint density at radius 2 is 0.764 bits per heavy atom. The van der Waals surface area contributed by atoms with Gasteiger partial charge in [0.25, 0.3) is 0 Å². The summed E-state index contributed by atoms with van der Waals surface area (Å²) in [6, 6.07) is -3.01. The zero-order valence-electron chi connectivity index (χ0n) is 55.0. The first-order valence-electron chi connectivity index (χ1n) is 35.5. The van der Waals surface area contributed by atoms with Crippen molar-refractivity contribution in [3.8, 4) is 0 Å². The molecule has 0 saturated carbocycles. The molecule has 0 aliphatic carbocycles. The number of amides is 2. The number of nitrogens with one attached hydrogen (secondary N) is 2. The first-order valence-corrected chi connectivity index (χ1v) is 35.5. The van der Waals surface area contributed by atoms with E-state index in [1.807, 2.05) is 0 Å². The van der Waals surface area contributed by atoms with E-state index in [0.717, 1.165) is 64.7 Å². The summed E-state index contributed by atoms with van der Waals surface area (Å²) in [4.78, 5) is 26.2. The molecular weight excluding hydrogens is 1150 g/mol. The van der Waals surface area contributed by atoms with E-state index in [0.29, 0.717) is 12.8 Å². The van der Waals surface area contributed by atoms with Crippen LogP contribution in [0.3, 0.4) is 0 Å². The maximum atomic E-state index is 13.8. The lowest BCUT2D eigenvalue weighted by atomic mass is 9.95. The smallest absolute Gasteiger partial charge is 0.249 e. The van der Waals surface area contributed by atoms with Gasteiger partial charge in [-0.3, -0.25) is 9.59 Å². The van der Waals surface area contributed by atoms with Crippen LogP contribution in [0.4, 0.5) is 0 Å². The average molecular weight is 1280 g/mol. The normalized spacial score (nSPS) is 28.8. The Morgan fingerprint density at radius 3 is 1.17 bits per heavy atom. The Kier molecular flexibility index (Phi) is 45.5. The maximum absolute atomic E-state index is 13.8. The van der Waals surface area contributed by atoms with Crippen LogP contribution in [-0.4, -0.2) is 216 Å². The third-order valence-electron chi connectivity index (χ3n) is 18.3. The molecule has 22 heteroatoms. The Hall–Kier alpha value is -1.78. The van der Waals surface area contributed by atoms with Gasteiger partial charge in [0.15, 0.2) is 18.9 Å². The Labute approximate surface area is 533 Å². The fourth-order valence-electron chi connectivity index (χ4n) is 12.5. The molecule has 89 heavy (non-hydrogen) atoms. The van der Waals surface area contributed by atoms with Crippen molar-refractivity contribution in [1.82, 2.24) is 10.6 Å². The molecule has 3 saturated heterocycles. The van der Waals surface area contributed by atoms with Crippen molar-refractivity contribution in [2.45, 2.75) is 388 Å². The van der Waals surface area contributed by atoms with Crippen LogP contribution < -0.4 is 10.6 Å². The molecule has 19 atom stereocenters. The Bertz CT molecular complexity index is 1730. The SMILES string of the molecule is CCCCCCCCCCCCCCCCCCCCCCCC[C@@H](O)C(=O)N[C@@H](CO[C@H]1O[C@H](CO)[C@H](O)[C@H](O[C@H]2O[C@H](CO)[C@H](O)[C@H](O)[C@H]2NC(C)=O)[C@H]1O[C@H]1O[C@H](CO)[C@@H](O)[C@H](O)[C@H]1O)[C@H](O)[C@H](O)CCCCCCCCCCCCCCCCC. The number of aliphatic hydroxyl groups excluding tert-OH is 12. The zero-order chi connectivity index (χ0) is 65.2. The van der Waals surface area contributed by atoms with E-state index < -0.39 is 155 Å². The van der Waals surface area contributed by atoms with E-state index in [2.05, 4.69) is 24.5 Å². The van der Waals surface area contributed by atoms with Gasteiger partial charge >= 0.3 is 0 Å². The molecule has 526 valence electrons. The number of carbonyl (C=O) groups excluding carboxylic acids is 2. The molecule has 0 aromatic heterocycles. The minimum Gasteiger partial charge on any atom is -0.394 e. The second-order valence-corrected chi connectivity index (χ2v) is 26.0. The summed E-state index contributed by atoms with van der Waals surface area (Å²) in [7, 11) is 0. The van der Waals surface area contributed by atoms with Crippen molar-refractivity contribution in [1.29, 1.82) is 0 Å². The van der Waals surface area contributed by atoms with Crippen LogP contribution in [0.2, 0.25) is 0 Å². The summed E-state index contributed by atoms with van der Waals surface area (Å²) in [6.07, 6.45) is 14.7. The summed E-state index contributed by atoms with van der Waals surface area (Å²) in [5.74, 6) is -1.55. The molecular formula is C67H128N2O20. The van der Waals surface area contributed by atoms with Gasteiger partial charge in [0.1, 0.15) is 85.4 Å². The maximum Gasteiger partial charge on any atom is 0.249 e. The molecule has 3 aliphatic rings. The van der Waals surface area contributed by atoms with Crippen molar-refractivity contribution < 1.29 is 99.3 Å². The monoisotopic (exact) mass is 1280 g/mol. The number of hydrogen-bond donors (Lipinski definition) is 14. The predicted octanol–water partition coefficient (Wildman–Crippen LogP) is 6.42. The lowest BCUT2D eigenvalue weighted by molar-refractivity contribution is -0.387. The van der Waals surface area contributed by atoms with Gasteiger partial charge < -0.3 is 100 Å². The lowest BCUT2D eigenvalue weighted by Crippen LogP contribution is -2.69. The second-order valence-electron chi connectivity index (χ2n) is 26.0. The standard InChI is InChI=1S/C67H128N2O20/c1-4-6-8-10-12-14-16-18-20-21-22-23-24-25-26-28-30-32-34-36-38-40-42-50(75)64(83)69-48(55(76)49(74)41-39-37-35-33-31-29-27-19-17-15-13-11-9-7-5-2)46-84-67-63(89-66-61(82)60(81)57(78)52(44-71)86-66)62(58(79)53(45-72)87-67)88-65-54(68-47(3)73)59(80)56(77)51(43-70)85-65/h48-63,65-67,70-72,74-82H,4-46H2,1-3H3,(H,68,73)(H,69,83)/t48-,49+,50+,51+,52+,53+,54+,55-,56-,57+,58-,59+,60-,61+,62-,63+,65+,66+,67-/m0/s1. The average Bonchev–Trinajstić information content (AvgIpc) is 1.08.